The lowest BCUT2D eigenvalue weighted by atomic mass is 10.0. The number of nitrogens with one attached hydrogen (secondary N) is 1. The molecule has 2 aromatic carbocycles. The molecule has 0 spiro atoms. The minimum Gasteiger partial charge on any atom is -0.469 e. The van der Waals surface area contributed by atoms with Crippen LogP contribution in [0.5, 0.6) is 0 Å². The molecule has 1 heterocycles. The summed E-state index contributed by atoms with van der Waals surface area (Å²) in [6.45, 7) is 2.98. The van der Waals surface area contributed by atoms with Crippen molar-refractivity contribution in [3.05, 3.63) is 82.7 Å². The van der Waals surface area contributed by atoms with Crippen molar-refractivity contribution in [1.82, 2.24) is 15.1 Å². The van der Waals surface area contributed by atoms with Crippen molar-refractivity contribution in [1.29, 1.82) is 0 Å². The van der Waals surface area contributed by atoms with Crippen molar-refractivity contribution >= 4 is 17.7 Å². The number of carbonyl (C=O) groups is 3. The molecule has 0 aliphatic rings. The molecule has 1 amide bonds. The van der Waals surface area contributed by atoms with E-state index in [2.05, 4.69) is 15.2 Å². The highest BCUT2D eigenvalue weighted by Crippen LogP contribution is 2.31. The smallest absolute Gasteiger partial charge is 0.416 e. The van der Waals surface area contributed by atoms with Gasteiger partial charge in [0.15, 0.2) is 0 Å². The number of rotatable bonds is 7. The number of amides is 1. The Morgan fingerprint density at radius 1 is 1.06 bits per heavy atom. The molecule has 34 heavy (non-hydrogen) atoms. The Labute approximate surface area is 193 Å². The van der Waals surface area contributed by atoms with E-state index in [9.17, 15) is 27.6 Å². The van der Waals surface area contributed by atoms with Crippen LogP contribution in [0.4, 0.5) is 13.2 Å². The van der Waals surface area contributed by atoms with Crippen molar-refractivity contribution in [2.24, 2.45) is 0 Å². The Morgan fingerprint density at radius 2 is 1.74 bits per heavy atom. The Hall–Kier alpha value is -3.95. The maximum Gasteiger partial charge on any atom is 0.416 e. The molecule has 1 N–H and O–H groups in total. The molecule has 3 aromatic rings. The van der Waals surface area contributed by atoms with Crippen LogP contribution in [0.2, 0.25) is 0 Å². The van der Waals surface area contributed by atoms with Crippen molar-refractivity contribution in [2.45, 2.75) is 32.5 Å². The van der Waals surface area contributed by atoms with Crippen molar-refractivity contribution in [3.8, 4) is 5.69 Å². The average Bonchev–Trinajstić information content (AvgIpc) is 3.11. The number of esters is 1. The summed E-state index contributed by atoms with van der Waals surface area (Å²) in [6, 6.07) is 12.3. The molecule has 0 fully saturated rings. The zero-order valence-corrected chi connectivity index (χ0v) is 18.6. The fraction of sp³-hybridized carbons (Fsp3) is 0.250. The van der Waals surface area contributed by atoms with Crippen LogP contribution in [-0.2, 0) is 20.5 Å². The van der Waals surface area contributed by atoms with Crippen LogP contribution in [0.1, 0.15) is 45.3 Å². The van der Waals surface area contributed by atoms with Crippen LogP contribution in [0.3, 0.4) is 0 Å². The molecule has 0 radical (unpaired) electrons. The third-order valence-corrected chi connectivity index (χ3v) is 5.25. The molecule has 1 aromatic heterocycles. The first-order valence-corrected chi connectivity index (χ1v) is 10.2. The van der Waals surface area contributed by atoms with Gasteiger partial charge >= 0.3 is 12.1 Å². The Kier molecular flexibility index (Phi) is 7.19. The maximum atomic E-state index is 13.1. The molecule has 7 nitrogen and oxygen atoms in total. The highest BCUT2D eigenvalue weighted by atomic mass is 19.4. The molecule has 3 rings (SSSR count). The van der Waals surface area contributed by atoms with Crippen LogP contribution in [-0.4, -0.2) is 34.6 Å². The first kappa shape index (κ1) is 24.7. The Morgan fingerprint density at radius 3 is 2.35 bits per heavy atom. The van der Waals surface area contributed by atoms with Gasteiger partial charge in [0.25, 0.3) is 11.7 Å². The predicted octanol–water partition coefficient (Wildman–Crippen LogP) is 4.11. The summed E-state index contributed by atoms with van der Waals surface area (Å²) < 4.78 is 45.2. The number of benzene rings is 2. The summed E-state index contributed by atoms with van der Waals surface area (Å²) in [4.78, 5) is 37.7. The number of hydrogen-bond donors (Lipinski definition) is 1. The van der Waals surface area contributed by atoms with Gasteiger partial charge in [-0.15, -0.1) is 0 Å². The number of hydrogen-bond acceptors (Lipinski definition) is 5. The van der Waals surface area contributed by atoms with E-state index in [1.165, 1.54) is 37.8 Å². The fourth-order valence-electron chi connectivity index (χ4n) is 3.56. The van der Waals surface area contributed by atoms with Gasteiger partial charge in [0.2, 0.25) is 0 Å². The van der Waals surface area contributed by atoms with Crippen LogP contribution in [0, 0.1) is 13.8 Å². The number of carbonyl (C=O) groups excluding carboxylic acids is 3. The zero-order chi connectivity index (χ0) is 25.0. The van der Waals surface area contributed by atoms with Crippen molar-refractivity contribution in [2.75, 3.05) is 7.11 Å². The van der Waals surface area contributed by atoms with Gasteiger partial charge in [0.1, 0.15) is 0 Å². The lowest BCUT2D eigenvalue weighted by Gasteiger charge is -2.18. The number of aromatic nitrogens is 2. The number of nitrogens with zero attached hydrogens (tertiary/aromatic N) is 2. The van der Waals surface area contributed by atoms with Gasteiger partial charge in [-0.25, -0.2) is 4.68 Å². The summed E-state index contributed by atoms with van der Waals surface area (Å²) in [6.07, 6.45) is -4.74. The number of methoxy groups -OCH3 is 1. The molecule has 1 atom stereocenters. The summed E-state index contributed by atoms with van der Waals surface area (Å²) in [5.74, 6) is -2.47. The minimum absolute atomic E-state index is 0.0280. The van der Waals surface area contributed by atoms with E-state index in [1.807, 2.05) is 0 Å². The number of ketones is 1. The van der Waals surface area contributed by atoms with Gasteiger partial charge in [-0.2, -0.15) is 18.3 Å². The molecule has 178 valence electrons. The van der Waals surface area contributed by atoms with Gasteiger partial charge in [-0.05, 0) is 37.6 Å². The largest absolute Gasteiger partial charge is 0.469 e. The third kappa shape index (κ3) is 5.33. The summed E-state index contributed by atoms with van der Waals surface area (Å²) in [5.41, 5.74) is 0.196. The molecule has 1 unspecified atom stereocenters. The van der Waals surface area contributed by atoms with Crippen molar-refractivity contribution < 1.29 is 32.3 Å². The quantitative estimate of drug-likeness (QED) is 0.317. The number of Topliss-reactive ketones (excluding diaryl/α,β-unsaturated/α-hetero) is 1. The normalized spacial score (nSPS) is 12.2. The average molecular weight is 473 g/mol. The molecule has 0 aliphatic carbocycles. The molecule has 0 bridgehead atoms. The number of aryl methyl sites for hydroxylation is 1. The standard InChI is InChI=1S/C24H22F3N3O4/c1-14-21(15(2)30(29-14)18-11-7-10-17(12-18)24(25,26)27)22(32)23(33)28-19(13-20(31)34-3)16-8-5-4-6-9-16/h4-12,19H,13H2,1-3H3,(H,28,33). The molecular weight excluding hydrogens is 451 g/mol. The van der Waals surface area contributed by atoms with Crippen LogP contribution < -0.4 is 5.32 Å². The van der Waals surface area contributed by atoms with Gasteiger partial charge in [-0.3, -0.25) is 14.4 Å². The van der Waals surface area contributed by atoms with E-state index >= 15 is 0 Å². The van der Waals surface area contributed by atoms with Gasteiger partial charge in [0.05, 0.1) is 47.8 Å². The summed E-state index contributed by atoms with van der Waals surface area (Å²) in [5, 5.41) is 6.73. The lowest BCUT2D eigenvalue weighted by Crippen LogP contribution is -2.36. The molecule has 0 saturated heterocycles. The second-order valence-corrected chi connectivity index (χ2v) is 7.55. The molecular formula is C24H22F3N3O4. The fourth-order valence-corrected chi connectivity index (χ4v) is 3.56. The highest BCUT2D eigenvalue weighted by Gasteiger charge is 2.32. The number of ether oxygens (including phenoxy) is 1. The van der Waals surface area contributed by atoms with E-state index in [0.29, 0.717) is 5.56 Å². The third-order valence-electron chi connectivity index (χ3n) is 5.25. The summed E-state index contributed by atoms with van der Waals surface area (Å²) >= 11 is 0. The monoisotopic (exact) mass is 473 g/mol. The zero-order valence-electron chi connectivity index (χ0n) is 18.6. The lowest BCUT2D eigenvalue weighted by molar-refractivity contribution is -0.141. The number of halogens is 3. The van der Waals surface area contributed by atoms with Gasteiger partial charge in [0, 0.05) is 0 Å². The van der Waals surface area contributed by atoms with E-state index in [4.69, 9.17) is 0 Å². The van der Waals surface area contributed by atoms with E-state index in [0.717, 1.165) is 12.1 Å². The van der Waals surface area contributed by atoms with Crippen LogP contribution >= 0.6 is 0 Å². The summed E-state index contributed by atoms with van der Waals surface area (Å²) in [7, 11) is 1.21. The van der Waals surface area contributed by atoms with Gasteiger partial charge < -0.3 is 10.1 Å². The number of alkyl halides is 3. The first-order valence-electron chi connectivity index (χ1n) is 10.2. The second-order valence-electron chi connectivity index (χ2n) is 7.55. The predicted molar refractivity (Wildman–Crippen MR) is 116 cm³/mol. The first-order chi connectivity index (χ1) is 16.0. The van der Waals surface area contributed by atoms with Crippen LogP contribution in [0.15, 0.2) is 54.6 Å². The second kappa shape index (κ2) is 9.90. The van der Waals surface area contributed by atoms with E-state index in [-0.39, 0.29) is 29.1 Å². The van der Waals surface area contributed by atoms with E-state index in [1.54, 1.807) is 30.3 Å². The van der Waals surface area contributed by atoms with Gasteiger partial charge in [-0.1, -0.05) is 36.4 Å². The molecule has 0 saturated carbocycles. The Balaban J connectivity index is 1.90. The van der Waals surface area contributed by atoms with Crippen LogP contribution in [0.25, 0.3) is 5.69 Å². The Bertz CT molecular complexity index is 1220. The topological polar surface area (TPSA) is 90.3 Å². The van der Waals surface area contributed by atoms with Crippen molar-refractivity contribution in [3.63, 3.8) is 0 Å². The highest BCUT2D eigenvalue weighted by molar-refractivity contribution is 6.43. The molecule has 0 aliphatic heterocycles. The SMILES string of the molecule is COC(=O)CC(NC(=O)C(=O)c1c(C)nn(-c2cccc(C(F)(F)F)c2)c1C)c1ccccc1. The molecule has 10 heteroatoms. The minimum atomic E-state index is -4.54. The maximum absolute atomic E-state index is 13.1. The van der Waals surface area contributed by atoms with E-state index < -0.39 is 35.4 Å².